The molecule has 0 fully saturated rings. The number of carbonyl (C=O) groups is 1. The van der Waals surface area contributed by atoms with Gasteiger partial charge >= 0.3 is 0 Å². The van der Waals surface area contributed by atoms with Crippen LogP contribution in [0.2, 0.25) is 0 Å². The number of para-hydroxylation sites is 1. The number of hydrogen-bond donors (Lipinski definition) is 1. The third-order valence-corrected chi connectivity index (χ3v) is 4.11. The van der Waals surface area contributed by atoms with Gasteiger partial charge in [-0.2, -0.15) is 0 Å². The molecule has 4 heteroatoms. The van der Waals surface area contributed by atoms with E-state index in [4.69, 9.17) is 0 Å². The zero-order valence-corrected chi connectivity index (χ0v) is 13.4. The number of benzene rings is 1. The zero-order valence-electron chi connectivity index (χ0n) is 13.4. The molecule has 21 heavy (non-hydrogen) atoms. The lowest BCUT2D eigenvalue weighted by molar-refractivity contribution is -0.128. The largest absolute Gasteiger partial charge is 0.371 e. The molecule has 1 atom stereocenters. The lowest BCUT2D eigenvalue weighted by Crippen LogP contribution is -2.36. The maximum absolute atomic E-state index is 11.7. The van der Waals surface area contributed by atoms with Gasteiger partial charge in [-0.1, -0.05) is 25.1 Å². The van der Waals surface area contributed by atoms with Gasteiger partial charge in [0.1, 0.15) is 0 Å². The molecule has 0 aliphatic carbocycles. The number of nitrogens with zero attached hydrogens (tertiary/aromatic N) is 2. The van der Waals surface area contributed by atoms with Gasteiger partial charge in [0.05, 0.1) is 0 Å². The molecule has 0 bridgehead atoms. The van der Waals surface area contributed by atoms with E-state index in [9.17, 15) is 4.79 Å². The molecule has 116 valence electrons. The lowest BCUT2D eigenvalue weighted by atomic mass is 9.96. The van der Waals surface area contributed by atoms with E-state index < -0.39 is 0 Å². The summed E-state index contributed by atoms with van der Waals surface area (Å²) in [4.78, 5) is 15.8. The number of anilines is 1. The highest BCUT2D eigenvalue weighted by Gasteiger charge is 2.23. The zero-order chi connectivity index (χ0) is 15.2. The van der Waals surface area contributed by atoms with Crippen LogP contribution in [-0.2, 0) is 4.79 Å². The predicted octanol–water partition coefficient (Wildman–Crippen LogP) is 2.42. The summed E-state index contributed by atoms with van der Waals surface area (Å²) in [6.45, 7) is 5.17. The molecule has 1 amide bonds. The summed E-state index contributed by atoms with van der Waals surface area (Å²) in [7, 11) is 3.64. The highest BCUT2D eigenvalue weighted by atomic mass is 16.2. The molecule has 0 saturated carbocycles. The standard InChI is InChI=1S/C17H27N3O/c1-4-18-15-11-13-20(12-7-10-17(21)19(2)3)16-9-6-5-8-14(15)16/h5-6,8-9,15,18H,4,7,10-13H2,1-3H3. The monoisotopic (exact) mass is 289 g/mol. The summed E-state index contributed by atoms with van der Waals surface area (Å²) < 4.78 is 0. The van der Waals surface area contributed by atoms with E-state index in [1.165, 1.54) is 11.3 Å². The first-order valence-corrected chi connectivity index (χ1v) is 7.91. The molecular formula is C17H27N3O. The van der Waals surface area contributed by atoms with Crippen molar-refractivity contribution in [2.45, 2.75) is 32.2 Å². The quantitative estimate of drug-likeness (QED) is 0.873. The first-order chi connectivity index (χ1) is 10.1. The molecule has 4 nitrogen and oxygen atoms in total. The minimum Gasteiger partial charge on any atom is -0.371 e. The number of fused-ring (bicyclic) bond motifs is 1. The van der Waals surface area contributed by atoms with E-state index in [1.54, 1.807) is 4.90 Å². The Hall–Kier alpha value is -1.55. The van der Waals surface area contributed by atoms with Gasteiger partial charge in [0.2, 0.25) is 5.91 Å². The van der Waals surface area contributed by atoms with Gasteiger partial charge in [-0.25, -0.2) is 0 Å². The van der Waals surface area contributed by atoms with Gasteiger partial charge in [-0.3, -0.25) is 4.79 Å². The van der Waals surface area contributed by atoms with Crippen LogP contribution in [0.4, 0.5) is 5.69 Å². The summed E-state index contributed by atoms with van der Waals surface area (Å²) in [6, 6.07) is 9.10. The average Bonchev–Trinajstić information content (AvgIpc) is 2.49. The normalized spacial score (nSPS) is 17.5. The van der Waals surface area contributed by atoms with E-state index in [2.05, 4.69) is 41.4 Å². The first kappa shape index (κ1) is 15.8. The Morgan fingerprint density at radius 3 is 2.86 bits per heavy atom. The molecule has 1 unspecified atom stereocenters. The maximum Gasteiger partial charge on any atom is 0.222 e. The highest BCUT2D eigenvalue weighted by Crippen LogP contribution is 2.33. The number of carbonyl (C=O) groups excluding carboxylic acids is 1. The Balaban J connectivity index is 1.99. The molecule has 1 aliphatic heterocycles. The van der Waals surface area contributed by atoms with Crippen molar-refractivity contribution in [2.75, 3.05) is 38.6 Å². The van der Waals surface area contributed by atoms with E-state index in [0.717, 1.165) is 32.5 Å². The van der Waals surface area contributed by atoms with Gasteiger partial charge in [-0.05, 0) is 31.0 Å². The highest BCUT2D eigenvalue weighted by molar-refractivity contribution is 5.75. The van der Waals surface area contributed by atoms with Gasteiger partial charge in [0.15, 0.2) is 0 Å². The Labute approximate surface area is 128 Å². The molecule has 1 heterocycles. The van der Waals surface area contributed by atoms with Crippen molar-refractivity contribution in [2.24, 2.45) is 0 Å². The van der Waals surface area contributed by atoms with Crippen LogP contribution >= 0.6 is 0 Å². The molecule has 0 aromatic heterocycles. The molecule has 0 radical (unpaired) electrons. The Morgan fingerprint density at radius 2 is 2.14 bits per heavy atom. The number of hydrogen-bond acceptors (Lipinski definition) is 3. The predicted molar refractivity (Wildman–Crippen MR) is 87.6 cm³/mol. The molecule has 1 aliphatic rings. The van der Waals surface area contributed by atoms with Gasteiger partial charge in [0, 0.05) is 45.3 Å². The molecule has 2 rings (SSSR count). The first-order valence-electron chi connectivity index (χ1n) is 7.91. The summed E-state index contributed by atoms with van der Waals surface area (Å²) in [6.07, 6.45) is 2.67. The molecule has 1 aromatic rings. The van der Waals surface area contributed by atoms with Crippen molar-refractivity contribution in [1.82, 2.24) is 10.2 Å². The van der Waals surface area contributed by atoms with Crippen molar-refractivity contribution < 1.29 is 4.79 Å². The van der Waals surface area contributed by atoms with E-state index >= 15 is 0 Å². The molecule has 0 saturated heterocycles. The molecule has 1 aromatic carbocycles. The van der Waals surface area contributed by atoms with Crippen molar-refractivity contribution in [3.05, 3.63) is 29.8 Å². The summed E-state index contributed by atoms with van der Waals surface area (Å²) in [5.41, 5.74) is 2.72. The van der Waals surface area contributed by atoms with Crippen molar-refractivity contribution in [1.29, 1.82) is 0 Å². The van der Waals surface area contributed by atoms with Crippen LogP contribution in [-0.4, -0.2) is 44.5 Å². The van der Waals surface area contributed by atoms with Crippen LogP contribution in [0.25, 0.3) is 0 Å². The van der Waals surface area contributed by atoms with E-state index in [-0.39, 0.29) is 5.91 Å². The Morgan fingerprint density at radius 1 is 1.38 bits per heavy atom. The number of amides is 1. The summed E-state index contributed by atoms with van der Waals surface area (Å²) in [5.74, 6) is 0.214. The minimum absolute atomic E-state index is 0.214. The van der Waals surface area contributed by atoms with Crippen molar-refractivity contribution in [3.63, 3.8) is 0 Å². The third kappa shape index (κ3) is 3.97. The molecular weight excluding hydrogens is 262 g/mol. The Kier molecular flexibility index (Phi) is 5.62. The van der Waals surface area contributed by atoms with E-state index in [0.29, 0.717) is 12.5 Å². The average molecular weight is 289 g/mol. The van der Waals surface area contributed by atoms with Gasteiger partial charge in [-0.15, -0.1) is 0 Å². The second-order valence-electron chi connectivity index (χ2n) is 5.84. The third-order valence-electron chi connectivity index (χ3n) is 4.11. The van der Waals surface area contributed by atoms with Gasteiger partial charge in [0.25, 0.3) is 0 Å². The van der Waals surface area contributed by atoms with Crippen molar-refractivity contribution >= 4 is 11.6 Å². The fraction of sp³-hybridized carbons (Fsp3) is 0.588. The number of rotatable bonds is 6. The van der Waals surface area contributed by atoms with Crippen LogP contribution in [0.1, 0.15) is 37.8 Å². The minimum atomic E-state index is 0.214. The Bertz CT molecular complexity index is 473. The molecule has 1 N–H and O–H groups in total. The topological polar surface area (TPSA) is 35.6 Å². The van der Waals surface area contributed by atoms with Crippen LogP contribution in [0, 0.1) is 0 Å². The van der Waals surface area contributed by atoms with Crippen LogP contribution < -0.4 is 10.2 Å². The van der Waals surface area contributed by atoms with Gasteiger partial charge < -0.3 is 15.1 Å². The fourth-order valence-corrected chi connectivity index (χ4v) is 2.97. The fourth-order valence-electron chi connectivity index (χ4n) is 2.97. The van der Waals surface area contributed by atoms with Crippen LogP contribution in [0.5, 0.6) is 0 Å². The smallest absolute Gasteiger partial charge is 0.222 e. The second-order valence-corrected chi connectivity index (χ2v) is 5.84. The summed E-state index contributed by atoms with van der Waals surface area (Å²) in [5, 5.41) is 3.56. The SMILES string of the molecule is CCNC1CCN(CCCC(=O)N(C)C)c2ccccc21. The van der Waals surface area contributed by atoms with E-state index in [1.807, 2.05) is 14.1 Å². The number of nitrogens with one attached hydrogen (secondary N) is 1. The molecule has 0 spiro atoms. The van der Waals surface area contributed by atoms with Crippen LogP contribution in [0.3, 0.4) is 0 Å². The summed E-state index contributed by atoms with van der Waals surface area (Å²) >= 11 is 0. The van der Waals surface area contributed by atoms with Crippen molar-refractivity contribution in [3.8, 4) is 0 Å². The lowest BCUT2D eigenvalue weighted by Gasteiger charge is -2.36. The maximum atomic E-state index is 11.7. The van der Waals surface area contributed by atoms with Crippen LogP contribution in [0.15, 0.2) is 24.3 Å². The second kappa shape index (κ2) is 7.46.